The van der Waals surface area contributed by atoms with Gasteiger partial charge in [-0.05, 0) is 39.4 Å². The van der Waals surface area contributed by atoms with Crippen LogP contribution in [0, 0.1) is 0 Å². The van der Waals surface area contributed by atoms with Gasteiger partial charge in [-0.2, -0.15) is 0 Å². The van der Waals surface area contributed by atoms with Crippen LogP contribution in [-0.4, -0.2) is 15.0 Å². The Hall–Kier alpha value is -4.71. The molecule has 0 fully saturated rings. The van der Waals surface area contributed by atoms with Crippen LogP contribution in [0.4, 0.5) is 0 Å². The Balaban J connectivity index is 1.28. The lowest BCUT2D eigenvalue weighted by Gasteiger charge is -2.08. The molecule has 3 nitrogen and oxygen atoms in total. The van der Waals surface area contributed by atoms with E-state index in [0.717, 1.165) is 21.6 Å². The molecule has 0 saturated carbocycles. The Morgan fingerprint density at radius 3 is 1.70 bits per heavy atom. The molecule has 5 aromatic carbocycles. The van der Waals surface area contributed by atoms with E-state index in [0.29, 0.717) is 17.5 Å². The fourth-order valence-corrected chi connectivity index (χ4v) is 7.26. The molecule has 8 aromatic rings. The third-order valence-electron chi connectivity index (χ3n) is 7.23. The van der Waals surface area contributed by atoms with Gasteiger partial charge in [0.1, 0.15) is 0 Å². The van der Waals surface area contributed by atoms with Gasteiger partial charge in [-0.3, -0.25) is 0 Å². The molecular formula is C35H21N3S2. The predicted octanol–water partition coefficient (Wildman–Crippen LogP) is 10.1. The van der Waals surface area contributed by atoms with Crippen molar-refractivity contribution >= 4 is 53.6 Å². The zero-order chi connectivity index (χ0) is 26.5. The molecule has 0 atom stereocenters. The smallest absolute Gasteiger partial charge is 0.174 e. The fourth-order valence-electron chi connectivity index (χ4n) is 5.21. The summed E-state index contributed by atoms with van der Waals surface area (Å²) in [4.78, 5) is 15.9. The van der Waals surface area contributed by atoms with E-state index in [1.165, 1.54) is 36.5 Å². The molecule has 0 unspecified atom stereocenters. The summed E-state index contributed by atoms with van der Waals surface area (Å²) in [6, 6.07) is 42.3. The van der Waals surface area contributed by atoms with Gasteiger partial charge in [0.05, 0.1) is 4.88 Å². The zero-order valence-electron chi connectivity index (χ0n) is 21.3. The van der Waals surface area contributed by atoms with Gasteiger partial charge >= 0.3 is 0 Å². The number of thiophene rings is 2. The van der Waals surface area contributed by atoms with Gasteiger partial charge in [0.15, 0.2) is 17.5 Å². The van der Waals surface area contributed by atoms with E-state index in [-0.39, 0.29) is 0 Å². The van der Waals surface area contributed by atoms with Crippen LogP contribution in [0.1, 0.15) is 0 Å². The maximum Gasteiger partial charge on any atom is 0.174 e. The Morgan fingerprint density at radius 1 is 0.425 bits per heavy atom. The molecule has 0 aliphatic rings. The van der Waals surface area contributed by atoms with Crippen molar-refractivity contribution in [2.75, 3.05) is 0 Å². The first-order valence-electron chi connectivity index (χ1n) is 13.1. The van der Waals surface area contributed by atoms with Crippen molar-refractivity contribution < 1.29 is 0 Å². The second-order valence-electron chi connectivity index (χ2n) is 9.71. The number of nitrogens with zero attached hydrogens (tertiary/aromatic N) is 3. The lowest BCUT2D eigenvalue weighted by Crippen LogP contribution is -1.99. The van der Waals surface area contributed by atoms with Crippen LogP contribution in [0.3, 0.4) is 0 Å². The van der Waals surface area contributed by atoms with Gasteiger partial charge in [-0.25, -0.2) is 15.0 Å². The van der Waals surface area contributed by atoms with E-state index in [1.807, 2.05) is 36.4 Å². The quantitative estimate of drug-likeness (QED) is 0.220. The molecule has 188 valence electrons. The van der Waals surface area contributed by atoms with Gasteiger partial charge in [-0.15, -0.1) is 22.7 Å². The lowest BCUT2D eigenvalue weighted by molar-refractivity contribution is 1.08. The van der Waals surface area contributed by atoms with Crippen LogP contribution in [0.2, 0.25) is 0 Å². The van der Waals surface area contributed by atoms with E-state index in [4.69, 9.17) is 15.0 Å². The number of rotatable bonds is 4. The summed E-state index contributed by atoms with van der Waals surface area (Å²) in [5.41, 5.74) is 4.29. The Bertz CT molecular complexity index is 2150. The molecule has 5 heteroatoms. The maximum absolute atomic E-state index is 5.01. The van der Waals surface area contributed by atoms with E-state index in [1.54, 1.807) is 22.7 Å². The molecular weight excluding hydrogens is 527 g/mol. The van der Waals surface area contributed by atoms with E-state index in [9.17, 15) is 0 Å². The van der Waals surface area contributed by atoms with Gasteiger partial charge in [-0.1, -0.05) is 109 Å². The summed E-state index contributed by atoms with van der Waals surface area (Å²) >= 11 is 3.55. The van der Waals surface area contributed by atoms with Crippen LogP contribution in [0.25, 0.3) is 75.5 Å². The number of aromatic nitrogens is 3. The first-order valence-corrected chi connectivity index (χ1v) is 14.8. The summed E-state index contributed by atoms with van der Waals surface area (Å²) in [6.07, 6.45) is 0. The summed E-state index contributed by atoms with van der Waals surface area (Å²) in [5.74, 6) is 2.05. The Labute approximate surface area is 239 Å². The van der Waals surface area contributed by atoms with Crippen LogP contribution < -0.4 is 0 Å². The first kappa shape index (κ1) is 23.2. The largest absolute Gasteiger partial charge is 0.208 e. The minimum Gasteiger partial charge on any atom is -0.208 e. The Morgan fingerprint density at radius 2 is 0.975 bits per heavy atom. The predicted molar refractivity (Wildman–Crippen MR) is 170 cm³/mol. The SMILES string of the molecule is c1ccc(-c2ccc(-c3nc(-c4ccccc4)nc(-c4cc5ccc6c(ccc7ccsc76)c5s4)n3)cc2)cc1. The normalized spacial score (nSPS) is 11.5. The molecule has 8 rings (SSSR count). The highest BCUT2D eigenvalue weighted by Crippen LogP contribution is 2.40. The maximum atomic E-state index is 5.01. The molecule has 0 spiro atoms. The summed E-state index contributed by atoms with van der Waals surface area (Å²) < 4.78 is 2.60. The lowest BCUT2D eigenvalue weighted by atomic mass is 10.0. The second-order valence-corrected chi connectivity index (χ2v) is 11.7. The van der Waals surface area contributed by atoms with Gasteiger partial charge < -0.3 is 0 Å². The monoisotopic (exact) mass is 547 g/mol. The summed E-state index contributed by atoms with van der Waals surface area (Å²) in [5, 5.41) is 7.24. The molecule has 3 aromatic heterocycles. The number of hydrogen-bond acceptors (Lipinski definition) is 5. The molecule has 0 saturated heterocycles. The van der Waals surface area contributed by atoms with Gasteiger partial charge in [0, 0.05) is 31.3 Å². The average Bonchev–Trinajstić information content (AvgIpc) is 3.70. The molecule has 0 aliphatic heterocycles. The summed E-state index contributed by atoms with van der Waals surface area (Å²) in [6.45, 7) is 0. The van der Waals surface area contributed by atoms with Crippen LogP contribution >= 0.6 is 22.7 Å². The molecule has 0 amide bonds. The second kappa shape index (κ2) is 9.49. The summed E-state index contributed by atoms with van der Waals surface area (Å²) in [7, 11) is 0. The average molecular weight is 548 g/mol. The standard InChI is InChI=1S/C35H21N3S2/c1-3-7-22(8-4-1)23-11-13-26(14-12-23)34-36-33(25-9-5-2-6-10-25)37-35(38-34)30-21-27-16-18-28-29(32(27)40-30)17-15-24-19-20-39-31(24)28/h1-21H. The Kier molecular flexibility index (Phi) is 5.50. The molecule has 0 aliphatic carbocycles. The van der Waals surface area contributed by atoms with E-state index < -0.39 is 0 Å². The highest BCUT2D eigenvalue weighted by molar-refractivity contribution is 7.23. The molecule has 0 N–H and O–H groups in total. The third-order valence-corrected chi connectivity index (χ3v) is 9.38. The van der Waals surface area contributed by atoms with E-state index >= 15 is 0 Å². The highest BCUT2D eigenvalue weighted by atomic mass is 32.1. The highest BCUT2D eigenvalue weighted by Gasteiger charge is 2.16. The van der Waals surface area contributed by atoms with E-state index in [2.05, 4.69) is 90.3 Å². The zero-order valence-corrected chi connectivity index (χ0v) is 22.9. The minimum atomic E-state index is 0.672. The number of fused-ring (bicyclic) bond motifs is 5. The minimum absolute atomic E-state index is 0.672. The number of hydrogen-bond donors (Lipinski definition) is 0. The van der Waals surface area contributed by atoms with Gasteiger partial charge in [0.25, 0.3) is 0 Å². The van der Waals surface area contributed by atoms with Gasteiger partial charge in [0.2, 0.25) is 0 Å². The van der Waals surface area contributed by atoms with Crippen molar-refractivity contribution in [1.29, 1.82) is 0 Å². The van der Waals surface area contributed by atoms with Crippen molar-refractivity contribution in [3.63, 3.8) is 0 Å². The van der Waals surface area contributed by atoms with Crippen molar-refractivity contribution in [2.24, 2.45) is 0 Å². The van der Waals surface area contributed by atoms with Crippen molar-refractivity contribution in [3.05, 3.63) is 127 Å². The topological polar surface area (TPSA) is 38.7 Å². The molecule has 40 heavy (non-hydrogen) atoms. The third kappa shape index (κ3) is 3.99. The van der Waals surface area contributed by atoms with Crippen LogP contribution in [0.5, 0.6) is 0 Å². The van der Waals surface area contributed by atoms with Crippen LogP contribution in [0.15, 0.2) is 127 Å². The van der Waals surface area contributed by atoms with Crippen molar-refractivity contribution in [2.45, 2.75) is 0 Å². The van der Waals surface area contributed by atoms with Crippen molar-refractivity contribution in [3.8, 4) is 44.6 Å². The number of benzene rings is 5. The molecule has 3 heterocycles. The van der Waals surface area contributed by atoms with Crippen LogP contribution in [-0.2, 0) is 0 Å². The first-order chi connectivity index (χ1) is 19.8. The fraction of sp³-hybridized carbons (Fsp3) is 0. The van der Waals surface area contributed by atoms with Crippen molar-refractivity contribution in [1.82, 2.24) is 15.0 Å². The molecule has 0 bridgehead atoms. The molecule has 0 radical (unpaired) electrons.